The third-order valence-electron chi connectivity index (χ3n) is 5.97. The monoisotopic (exact) mass is 548 g/mol. The topological polar surface area (TPSA) is 100 Å². The molecule has 2 atom stereocenters. The van der Waals surface area contributed by atoms with E-state index in [0.717, 1.165) is 12.3 Å². The number of aliphatic hydroxyl groups is 1. The van der Waals surface area contributed by atoms with Crippen LogP contribution in [0.3, 0.4) is 0 Å². The summed E-state index contributed by atoms with van der Waals surface area (Å²) < 4.78 is 93.9. The van der Waals surface area contributed by atoms with Crippen molar-refractivity contribution in [3.63, 3.8) is 0 Å². The van der Waals surface area contributed by atoms with Crippen molar-refractivity contribution in [1.82, 2.24) is 9.97 Å². The number of aromatic nitrogens is 2. The second kappa shape index (κ2) is 9.86. The molecule has 2 heterocycles. The lowest BCUT2D eigenvalue weighted by molar-refractivity contribution is -0.266. The van der Waals surface area contributed by atoms with Crippen molar-refractivity contribution < 1.29 is 35.3 Å². The molecule has 0 bridgehead atoms. The summed E-state index contributed by atoms with van der Waals surface area (Å²) in [6.45, 7) is 4.53. The minimum absolute atomic E-state index is 0.0587. The van der Waals surface area contributed by atoms with Gasteiger partial charge in [0.15, 0.2) is 15.4 Å². The van der Waals surface area contributed by atoms with Crippen LogP contribution in [0.1, 0.15) is 44.9 Å². The molecule has 0 saturated heterocycles. The Morgan fingerprint density at radius 2 is 1.83 bits per heavy atom. The van der Waals surface area contributed by atoms with Crippen LogP contribution < -0.4 is 0 Å². The first-order valence-corrected chi connectivity index (χ1v) is 14.3. The molecule has 12 heteroatoms. The van der Waals surface area contributed by atoms with Gasteiger partial charge in [-0.3, -0.25) is 4.21 Å². The molecule has 0 amide bonds. The second-order valence-electron chi connectivity index (χ2n) is 9.61. The van der Waals surface area contributed by atoms with Crippen molar-refractivity contribution in [2.75, 3.05) is 12.0 Å². The predicted octanol–water partition coefficient (Wildman–Crippen LogP) is 4.83. The Labute approximate surface area is 209 Å². The van der Waals surface area contributed by atoms with Crippen LogP contribution in [0.4, 0.5) is 17.6 Å². The van der Waals surface area contributed by atoms with E-state index in [-0.39, 0.29) is 11.3 Å². The zero-order valence-electron chi connectivity index (χ0n) is 20.2. The van der Waals surface area contributed by atoms with Crippen LogP contribution in [-0.4, -0.2) is 51.5 Å². The van der Waals surface area contributed by atoms with Gasteiger partial charge in [0.1, 0.15) is 15.7 Å². The Hall–Kier alpha value is -2.31. The third kappa shape index (κ3) is 5.81. The fraction of sp³-hybridized carbons (Fsp3) is 0.458. The van der Waals surface area contributed by atoms with Gasteiger partial charge >= 0.3 is 6.18 Å². The molecule has 0 aliphatic rings. The van der Waals surface area contributed by atoms with Crippen molar-refractivity contribution in [3.05, 3.63) is 53.6 Å². The number of hydrogen-bond donors (Lipinski definition) is 2. The molecule has 198 valence electrons. The van der Waals surface area contributed by atoms with Gasteiger partial charge in [-0.2, -0.15) is 13.2 Å². The molecule has 2 N–H and O–H groups in total. The molecule has 2 unspecified atom stereocenters. The number of alkyl halides is 3. The van der Waals surface area contributed by atoms with E-state index in [0.29, 0.717) is 28.1 Å². The highest BCUT2D eigenvalue weighted by atomic mass is 32.2. The Kier molecular flexibility index (Phi) is 7.74. The quantitative estimate of drug-likeness (QED) is 0.373. The van der Waals surface area contributed by atoms with E-state index in [4.69, 9.17) is 0 Å². The summed E-state index contributed by atoms with van der Waals surface area (Å²) >= 11 is 0. The van der Waals surface area contributed by atoms with E-state index in [1.807, 2.05) is 6.92 Å². The zero-order chi connectivity index (χ0) is 27.1. The first-order chi connectivity index (χ1) is 16.5. The minimum atomic E-state index is -5.09. The van der Waals surface area contributed by atoms with Crippen LogP contribution in [-0.2, 0) is 32.5 Å². The molecule has 0 spiro atoms. The summed E-state index contributed by atoms with van der Waals surface area (Å²) in [4.78, 5) is 6.24. The van der Waals surface area contributed by atoms with Gasteiger partial charge in [-0.1, -0.05) is 32.9 Å². The fourth-order valence-electron chi connectivity index (χ4n) is 4.40. The number of benzene rings is 1. The molecule has 0 radical (unpaired) electrons. The van der Waals surface area contributed by atoms with Gasteiger partial charge < -0.3 is 10.1 Å². The molecule has 0 aliphatic heterocycles. The number of halogens is 4. The number of fused-ring (bicyclic) bond motifs is 1. The second-order valence-corrected chi connectivity index (χ2v) is 13.1. The number of pyridine rings is 1. The van der Waals surface area contributed by atoms with Crippen molar-refractivity contribution in [1.29, 1.82) is 0 Å². The maximum absolute atomic E-state index is 14.4. The summed E-state index contributed by atoms with van der Waals surface area (Å²) in [5, 5.41) is 11.7. The van der Waals surface area contributed by atoms with Crippen LogP contribution in [0.15, 0.2) is 46.5 Å². The van der Waals surface area contributed by atoms with Crippen LogP contribution in [0.2, 0.25) is 0 Å². The molecule has 2 aromatic heterocycles. The average Bonchev–Trinajstić information content (AvgIpc) is 3.12. The number of aromatic amines is 1. The number of nitrogens with zero attached hydrogens (tertiary/aromatic N) is 1. The lowest BCUT2D eigenvalue weighted by Crippen LogP contribution is -2.51. The SMILES string of the molecule is CCCS(=O)c1cc2cc(CC(O)(CC(C)(C)c3cccc(F)c3S(C)(=O)=O)C(F)(F)F)[nH]c2cn1. The molecule has 6 nitrogen and oxygen atoms in total. The van der Waals surface area contributed by atoms with Gasteiger partial charge in [-0.15, -0.1) is 0 Å². The molecule has 0 saturated carbocycles. The number of nitrogens with one attached hydrogen (secondary N) is 1. The first-order valence-electron chi connectivity index (χ1n) is 11.1. The van der Waals surface area contributed by atoms with Crippen molar-refractivity contribution in [2.24, 2.45) is 0 Å². The Balaban J connectivity index is 2.02. The lowest BCUT2D eigenvalue weighted by atomic mass is 9.73. The molecule has 0 aliphatic carbocycles. The van der Waals surface area contributed by atoms with E-state index < -0.39 is 61.4 Å². The Morgan fingerprint density at radius 1 is 1.17 bits per heavy atom. The number of sulfone groups is 1. The highest BCUT2D eigenvalue weighted by molar-refractivity contribution is 7.90. The maximum atomic E-state index is 14.4. The van der Waals surface area contributed by atoms with Crippen molar-refractivity contribution in [2.45, 2.75) is 67.1 Å². The summed E-state index contributed by atoms with van der Waals surface area (Å²) in [5.74, 6) is -0.674. The fourth-order valence-corrected chi connectivity index (χ4v) is 6.58. The summed E-state index contributed by atoms with van der Waals surface area (Å²) in [7, 11) is -5.45. The number of rotatable bonds is 9. The van der Waals surface area contributed by atoms with E-state index >= 15 is 0 Å². The van der Waals surface area contributed by atoms with Gasteiger partial charge in [0.05, 0.1) is 22.5 Å². The maximum Gasteiger partial charge on any atom is 0.417 e. The Morgan fingerprint density at radius 3 is 2.42 bits per heavy atom. The van der Waals surface area contributed by atoms with Crippen LogP contribution in [0.5, 0.6) is 0 Å². The zero-order valence-corrected chi connectivity index (χ0v) is 21.9. The summed E-state index contributed by atoms with van der Waals surface area (Å²) in [6, 6.07) is 6.36. The molecular weight excluding hydrogens is 520 g/mol. The Bertz CT molecular complexity index is 1400. The van der Waals surface area contributed by atoms with Gasteiger partial charge in [-0.25, -0.2) is 17.8 Å². The smallest absolute Gasteiger partial charge is 0.380 e. The van der Waals surface area contributed by atoms with Gasteiger partial charge in [0.2, 0.25) is 0 Å². The van der Waals surface area contributed by atoms with E-state index in [9.17, 15) is 35.3 Å². The van der Waals surface area contributed by atoms with E-state index in [1.165, 1.54) is 44.3 Å². The van der Waals surface area contributed by atoms with Gasteiger partial charge in [0, 0.05) is 29.5 Å². The number of hydrogen-bond acceptors (Lipinski definition) is 5. The van der Waals surface area contributed by atoms with Gasteiger partial charge in [-0.05, 0) is 42.0 Å². The first kappa shape index (κ1) is 28.3. The number of H-pyrrole nitrogens is 1. The highest BCUT2D eigenvalue weighted by Gasteiger charge is 2.56. The normalized spacial score (nSPS) is 15.7. The lowest BCUT2D eigenvalue weighted by Gasteiger charge is -2.38. The van der Waals surface area contributed by atoms with Crippen molar-refractivity contribution >= 4 is 31.5 Å². The van der Waals surface area contributed by atoms with Crippen LogP contribution >= 0.6 is 0 Å². The molecule has 36 heavy (non-hydrogen) atoms. The summed E-state index contributed by atoms with van der Waals surface area (Å²) in [5.41, 5.74) is -4.54. The van der Waals surface area contributed by atoms with Crippen LogP contribution in [0.25, 0.3) is 10.9 Å². The highest BCUT2D eigenvalue weighted by Crippen LogP contribution is 2.44. The molecule has 0 fully saturated rings. The van der Waals surface area contributed by atoms with Gasteiger partial charge in [0.25, 0.3) is 0 Å². The minimum Gasteiger partial charge on any atom is -0.380 e. The van der Waals surface area contributed by atoms with Crippen molar-refractivity contribution in [3.8, 4) is 0 Å². The largest absolute Gasteiger partial charge is 0.417 e. The van der Waals surface area contributed by atoms with E-state index in [1.54, 1.807) is 0 Å². The standard InChI is InChI=1S/C24H28F4N2O4S2/c1-5-9-35(32)20-11-15-10-16(30-19(15)13-29-20)12-23(31,24(26,27)28)14-22(2,3)17-7-6-8-18(25)21(17)36(4,33)34/h6-8,10-11,13,30-31H,5,9,12,14H2,1-4H3. The molecular formula is C24H28F4N2O4S2. The average molecular weight is 549 g/mol. The van der Waals surface area contributed by atoms with Crippen LogP contribution in [0, 0.1) is 5.82 Å². The van der Waals surface area contributed by atoms with E-state index in [2.05, 4.69) is 9.97 Å². The molecule has 3 aromatic rings. The molecule has 1 aromatic carbocycles. The predicted molar refractivity (Wildman–Crippen MR) is 130 cm³/mol. The molecule has 3 rings (SSSR count). The summed E-state index contributed by atoms with van der Waals surface area (Å²) in [6.07, 6.45) is -4.07. The third-order valence-corrected chi connectivity index (χ3v) is 8.60.